The van der Waals surface area contributed by atoms with E-state index in [0.29, 0.717) is 35.3 Å². The third-order valence-electron chi connectivity index (χ3n) is 4.16. The van der Waals surface area contributed by atoms with E-state index in [1.165, 1.54) is 7.11 Å². The number of oxime groups is 1. The first kappa shape index (κ1) is 21.5. The van der Waals surface area contributed by atoms with Crippen molar-refractivity contribution in [3.8, 4) is 23.3 Å². The minimum Gasteiger partial charge on any atom is -0.436 e. The van der Waals surface area contributed by atoms with Gasteiger partial charge in [-0.1, -0.05) is 41.0 Å². The van der Waals surface area contributed by atoms with Gasteiger partial charge in [0.05, 0.1) is 23.7 Å². The zero-order valence-corrected chi connectivity index (χ0v) is 17.5. The topological polar surface area (TPSA) is 99.5 Å². The van der Waals surface area contributed by atoms with E-state index in [-0.39, 0.29) is 23.3 Å². The maximum Gasteiger partial charge on any atom is 0.263 e. The molecule has 0 saturated heterocycles. The number of hydroxylamine groups is 1. The van der Waals surface area contributed by atoms with Crippen molar-refractivity contribution in [2.75, 3.05) is 20.3 Å². The summed E-state index contributed by atoms with van der Waals surface area (Å²) in [6, 6.07) is 13.5. The number of hydrogen-bond donors (Lipinski definition) is 1. The van der Waals surface area contributed by atoms with E-state index in [4.69, 9.17) is 30.7 Å². The standard InChI is InChI=1S/C21H17ClFN5O4/c1-29-27-18(19-24-10-11-30-28-19)13-6-2-4-8-15(13)31-20-17(23)21(26-12-25-20)32-16-9-5-3-7-14(16)22/h2-9,12H,10-11H2,1H3,(H,24,28)/b27-18+. The molecule has 0 radical (unpaired) electrons. The molecule has 1 N–H and O–H groups in total. The van der Waals surface area contributed by atoms with E-state index >= 15 is 4.39 Å². The summed E-state index contributed by atoms with van der Waals surface area (Å²) < 4.78 is 26.4. The first-order valence-electron chi connectivity index (χ1n) is 9.41. The van der Waals surface area contributed by atoms with Crippen LogP contribution in [0.1, 0.15) is 5.56 Å². The molecule has 1 aromatic heterocycles. The normalized spacial score (nSPS) is 13.7. The van der Waals surface area contributed by atoms with Crippen molar-refractivity contribution in [1.29, 1.82) is 0 Å². The summed E-state index contributed by atoms with van der Waals surface area (Å²) in [7, 11) is 1.40. The van der Waals surface area contributed by atoms with Gasteiger partial charge in [0.2, 0.25) is 5.82 Å². The lowest BCUT2D eigenvalue weighted by molar-refractivity contribution is 0.0836. The summed E-state index contributed by atoms with van der Waals surface area (Å²) >= 11 is 6.08. The lowest BCUT2D eigenvalue weighted by Gasteiger charge is -2.17. The molecule has 0 atom stereocenters. The maximum absolute atomic E-state index is 15.1. The number of halogens is 2. The number of amidine groups is 1. The van der Waals surface area contributed by atoms with Crippen LogP contribution in [-0.2, 0) is 9.68 Å². The van der Waals surface area contributed by atoms with Gasteiger partial charge in [-0.05, 0) is 24.3 Å². The van der Waals surface area contributed by atoms with Crippen LogP contribution in [0.15, 0.2) is 65.0 Å². The molecule has 164 valence electrons. The Kier molecular flexibility index (Phi) is 6.73. The van der Waals surface area contributed by atoms with Crippen LogP contribution in [0.3, 0.4) is 0 Å². The van der Waals surface area contributed by atoms with Crippen LogP contribution in [0, 0.1) is 5.82 Å². The Balaban J connectivity index is 1.66. The van der Waals surface area contributed by atoms with Gasteiger partial charge in [0, 0.05) is 0 Å². The van der Waals surface area contributed by atoms with Gasteiger partial charge in [-0.2, -0.15) is 14.4 Å². The third kappa shape index (κ3) is 4.76. The molecule has 0 aliphatic carbocycles. The summed E-state index contributed by atoms with van der Waals surface area (Å²) in [5.41, 5.74) is 3.48. The molecule has 1 aliphatic rings. The van der Waals surface area contributed by atoms with Crippen molar-refractivity contribution in [2.45, 2.75) is 0 Å². The van der Waals surface area contributed by atoms with E-state index in [1.54, 1.807) is 48.5 Å². The van der Waals surface area contributed by atoms with Crippen molar-refractivity contribution in [1.82, 2.24) is 15.4 Å². The van der Waals surface area contributed by atoms with E-state index in [2.05, 4.69) is 25.6 Å². The zero-order chi connectivity index (χ0) is 22.3. The van der Waals surface area contributed by atoms with Gasteiger partial charge in [-0.3, -0.25) is 9.83 Å². The quantitative estimate of drug-likeness (QED) is 0.420. The van der Waals surface area contributed by atoms with Gasteiger partial charge >= 0.3 is 0 Å². The molecule has 2 aromatic carbocycles. The third-order valence-corrected chi connectivity index (χ3v) is 4.47. The highest BCUT2D eigenvalue weighted by Crippen LogP contribution is 2.33. The summed E-state index contributed by atoms with van der Waals surface area (Å²) in [4.78, 5) is 22.3. The van der Waals surface area contributed by atoms with Gasteiger partial charge in [-0.15, -0.1) is 0 Å². The summed E-state index contributed by atoms with van der Waals surface area (Å²) in [5.74, 6) is -0.739. The monoisotopic (exact) mass is 457 g/mol. The number of hydrogen-bond acceptors (Lipinski definition) is 9. The molecule has 4 rings (SSSR count). The van der Waals surface area contributed by atoms with Crippen molar-refractivity contribution in [3.63, 3.8) is 0 Å². The summed E-state index contributed by atoms with van der Waals surface area (Å²) in [5, 5.41) is 4.33. The van der Waals surface area contributed by atoms with Gasteiger partial charge in [-0.25, -0.2) is 5.48 Å². The first-order chi connectivity index (χ1) is 15.7. The van der Waals surface area contributed by atoms with Gasteiger partial charge in [0.1, 0.15) is 24.9 Å². The Hall–Kier alpha value is -3.76. The number of para-hydroxylation sites is 2. The highest BCUT2D eigenvalue weighted by Gasteiger charge is 2.22. The Labute approximate surface area is 187 Å². The van der Waals surface area contributed by atoms with Crippen LogP contribution in [0.25, 0.3) is 0 Å². The molecule has 2 heterocycles. The van der Waals surface area contributed by atoms with Crippen LogP contribution in [0.2, 0.25) is 5.02 Å². The molecule has 0 unspecified atom stereocenters. The molecule has 0 bridgehead atoms. The molecular weight excluding hydrogens is 441 g/mol. The fraction of sp³-hybridized carbons (Fsp3) is 0.143. The predicted molar refractivity (Wildman–Crippen MR) is 115 cm³/mol. The maximum atomic E-state index is 15.1. The average Bonchev–Trinajstić information content (AvgIpc) is 2.82. The molecule has 32 heavy (non-hydrogen) atoms. The van der Waals surface area contributed by atoms with Crippen molar-refractivity contribution in [2.24, 2.45) is 10.1 Å². The Morgan fingerprint density at radius 3 is 2.44 bits per heavy atom. The van der Waals surface area contributed by atoms with Crippen LogP contribution in [-0.4, -0.2) is 41.8 Å². The molecule has 0 fully saturated rings. The fourth-order valence-electron chi connectivity index (χ4n) is 2.76. The van der Waals surface area contributed by atoms with Crippen LogP contribution in [0.5, 0.6) is 23.3 Å². The molecule has 0 saturated carbocycles. The molecule has 1 aliphatic heterocycles. The van der Waals surface area contributed by atoms with E-state index in [1.807, 2.05) is 0 Å². The molecular formula is C21H17ClFN5O4. The number of aromatic nitrogens is 2. The van der Waals surface area contributed by atoms with Gasteiger partial charge < -0.3 is 14.3 Å². The van der Waals surface area contributed by atoms with Gasteiger partial charge in [0.15, 0.2) is 11.5 Å². The number of benzene rings is 2. The van der Waals surface area contributed by atoms with Gasteiger partial charge in [0.25, 0.3) is 11.8 Å². The second-order valence-corrected chi connectivity index (χ2v) is 6.64. The smallest absolute Gasteiger partial charge is 0.263 e. The number of ether oxygens (including phenoxy) is 2. The van der Waals surface area contributed by atoms with Crippen molar-refractivity contribution in [3.05, 3.63) is 71.3 Å². The molecule has 0 spiro atoms. The largest absolute Gasteiger partial charge is 0.436 e. The van der Waals surface area contributed by atoms with Crippen molar-refractivity contribution < 1.29 is 23.5 Å². The minimum absolute atomic E-state index is 0.244. The van der Waals surface area contributed by atoms with E-state index in [9.17, 15) is 0 Å². The molecule has 3 aromatic rings. The number of aliphatic imine (C=N–C) groups is 1. The summed E-state index contributed by atoms with van der Waals surface area (Å²) in [6.45, 7) is 0.861. The SMILES string of the molecule is CO/N=C(/C1=NCCON1)c1ccccc1Oc1ncnc(Oc2ccccc2Cl)c1F. The number of rotatable bonds is 7. The second kappa shape index (κ2) is 10.0. The lowest BCUT2D eigenvalue weighted by atomic mass is 10.1. The minimum atomic E-state index is -0.899. The fourth-order valence-corrected chi connectivity index (χ4v) is 2.93. The molecule has 9 nitrogen and oxygen atoms in total. The number of nitrogens with zero attached hydrogens (tertiary/aromatic N) is 4. The highest BCUT2D eigenvalue weighted by molar-refractivity contribution is 6.47. The zero-order valence-electron chi connectivity index (χ0n) is 16.8. The van der Waals surface area contributed by atoms with Crippen molar-refractivity contribution >= 4 is 23.1 Å². The second-order valence-electron chi connectivity index (χ2n) is 6.23. The van der Waals surface area contributed by atoms with Crippen LogP contribution in [0.4, 0.5) is 4.39 Å². The highest BCUT2D eigenvalue weighted by atomic mass is 35.5. The molecule has 0 amide bonds. The van der Waals surface area contributed by atoms with E-state index in [0.717, 1.165) is 6.33 Å². The molecule has 11 heteroatoms. The Bertz CT molecular complexity index is 1170. The van der Waals surface area contributed by atoms with E-state index < -0.39 is 5.82 Å². The number of nitrogens with one attached hydrogen (secondary N) is 1. The summed E-state index contributed by atoms with van der Waals surface area (Å²) in [6.07, 6.45) is 1.12. The van der Waals surface area contributed by atoms with Crippen LogP contribution < -0.4 is 15.0 Å². The first-order valence-corrected chi connectivity index (χ1v) is 9.79. The lowest BCUT2D eigenvalue weighted by Crippen LogP contribution is -2.37. The predicted octanol–water partition coefficient (Wildman–Crippen LogP) is 4.14. The van der Waals surface area contributed by atoms with Crippen LogP contribution >= 0.6 is 11.6 Å². The average molecular weight is 458 g/mol. The Morgan fingerprint density at radius 1 is 1.06 bits per heavy atom. The Morgan fingerprint density at radius 2 is 1.75 bits per heavy atom.